The van der Waals surface area contributed by atoms with Gasteiger partial charge in [-0.3, -0.25) is 9.88 Å². The monoisotopic (exact) mass is 378 g/mol. The summed E-state index contributed by atoms with van der Waals surface area (Å²) in [6.45, 7) is 4.72. The number of pyridine rings is 1. The number of halogens is 3. The number of hydrogen-bond donors (Lipinski definition) is 0. The summed E-state index contributed by atoms with van der Waals surface area (Å²) in [6, 6.07) is 2.35. The fourth-order valence-corrected chi connectivity index (χ4v) is 3.32. The largest absolute Gasteiger partial charge is 0.471 e. The summed E-state index contributed by atoms with van der Waals surface area (Å²) in [5, 5.41) is 0. The van der Waals surface area contributed by atoms with Gasteiger partial charge in [0.2, 0.25) is 5.88 Å². The van der Waals surface area contributed by atoms with E-state index in [9.17, 15) is 13.2 Å². The van der Waals surface area contributed by atoms with E-state index in [2.05, 4.69) is 19.9 Å². The molecule has 0 N–H and O–H groups in total. The number of ether oxygens (including phenoxy) is 1. The topological polar surface area (TPSA) is 51.1 Å². The molecule has 144 valence electrons. The summed E-state index contributed by atoms with van der Waals surface area (Å²) in [4.78, 5) is 15.2. The predicted molar refractivity (Wildman–Crippen MR) is 92.0 cm³/mol. The Balaban J connectivity index is 1.48. The molecule has 0 radical (unpaired) electrons. The molecular weight excluding hydrogens is 357 g/mol. The van der Waals surface area contributed by atoms with Crippen LogP contribution in [0.4, 0.5) is 13.2 Å². The van der Waals surface area contributed by atoms with E-state index in [4.69, 9.17) is 4.74 Å². The van der Waals surface area contributed by atoms with Gasteiger partial charge in [0, 0.05) is 37.8 Å². The fourth-order valence-electron chi connectivity index (χ4n) is 3.32. The molecule has 0 saturated heterocycles. The van der Waals surface area contributed by atoms with Gasteiger partial charge < -0.3 is 4.74 Å². The first-order valence-electron chi connectivity index (χ1n) is 9.12. The normalized spacial score (nSPS) is 17.6. The fraction of sp³-hybridized carbons (Fsp3) is 0.526. The average Bonchev–Trinajstić information content (AvgIpc) is 3.43. The Labute approximate surface area is 155 Å². The molecule has 0 aromatic carbocycles. The van der Waals surface area contributed by atoms with Crippen molar-refractivity contribution in [3.05, 3.63) is 46.7 Å². The SMILES string of the molecule is Cc1nc2c(c(OCc3ccc(C(F)(F)F)cn3)n1)CN(CC1CC1)CC2. The first-order valence-corrected chi connectivity index (χ1v) is 9.12. The van der Waals surface area contributed by atoms with Crippen LogP contribution in [0.25, 0.3) is 0 Å². The molecular formula is C19H21F3N4O. The minimum absolute atomic E-state index is 0.0731. The molecule has 8 heteroatoms. The molecule has 2 aliphatic rings. The number of alkyl halides is 3. The van der Waals surface area contributed by atoms with Gasteiger partial charge in [-0.05, 0) is 37.8 Å². The highest BCUT2D eigenvalue weighted by atomic mass is 19.4. The van der Waals surface area contributed by atoms with Crippen LogP contribution in [0.3, 0.4) is 0 Å². The van der Waals surface area contributed by atoms with Gasteiger partial charge in [-0.25, -0.2) is 4.98 Å². The number of aromatic nitrogens is 3. The van der Waals surface area contributed by atoms with Gasteiger partial charge in [0.15, 0.2) is 0 Å². The summed E-state index contributed by atoms with van der Waals surface area (Å²) in [6.07, 6.45) is -0.0925. The van der Waals surface area contributed by atoms with Gasteiger partial charge in [-0.2, -0.15) is 18.2 Å². The molecule has 1 aliphatic heterocycles. The molecule has 0 amide bonds. The molecule has 4 rings (SSSR count). The van der Waals surface area contributed by atoms with E-state index in [1.54, 1.807) is 0 Å². The molecule has 5 nitrogen and oxygen atoms in total. The van der Waals surface area contributed by atoms with Crippen LogP contribution in [0.5, 0.6) is 5.88 Å². The van der Waals surface area contributed by atoms with E-state index < -0.39 is 11.7 Å². The van der Waals surface area contributed by atoms with Crippen LogP contribution in [0.2, 0.25) is 0 Å². The molecule has 3 heterocycles. The van der Waals surface area contributed by atoms with E-state index in [0.717, 1.165) is 55.5 Å². The molecule has 27 heavy (non-hydrogen) atoms. The summed E-state index contributed by atoms with van der Waals surface area (Å²) in [7, 11) is 0. The minimum Gasteiger partial charge on any atom is -0.471 e. The molecule has 2 aromatic heterocycles. The van der Waals surface area contributed by atoms with Crippen LogP contribution in [-0.4, -0.2) is 32.9 Å². The lowest BCUT2D eigenvalue weighted by atomic mass is 10.1. The van der Waals surface area contributed by atoms with Crippen molar-refractivity contribution in [3.8, 4) is 5.88 Å². The molecule has 0 unspecified atom stereocenters. The summed E-state index contributed by atoms with van der Waals surface area (Å²) in [5.74, 6) is 1.96. The van der Waals surface area contributed by atoms with Crippen molar-refractivity contribution in [2.75, 3.05) is 13.1 Å². The minimum atomic E-state index is -4.39. The predicted octanol–water partition coefficient (Wildman–Crippen LogP) is 3.55. The standard InChI is InChI=1S/C19H21F3N4O/c1-12-24-17-6-7-26(9-13-2-3-13)10-16(17)18(25-12)27-11-15-5-4-14(8-23-15)19(20,21)22/h4-5,8,13H,2-3,6-7,9-11H2,1H3. The highest BCUT2D eigenvalue weighted by molar-refractivity contribution is 5.33. The Hall–Kier alpha value is -2.22. The Morgan fingerprint density at radius 3 is 2.70 bits per heavy atom. The first kappa shape index (κ1) is 18.2. The number of nitrogens with zero attached hydrogens (tertiary/aromatic N) is 4. The highest BCUT2D eigenvalue weighted by Gasteiger charge is 2.31. The third-order valence-corrected chi connectivity index (χ3v) is 4.94. The van der Waals surface area contributed by atoms with E-state index in [-0.39, 0.29) is 6.61 Å². The lowest BCUT2D eigenvalue weighted by molar-refractivity contribution is -0.137. The molecule has 0 atom stereocenters. The zero-order chi connectivity index (χ0) is 19.0. The van der Waals surface area contributed by atoms with Crippen LogP contribution in [-0.2, 0) is 25.7 Å². The molecule has 1 saturated carbocycles. The van der Waals surface area contributed by atoms with Crippen LogP contribution >= 0.6 is 0 Å². The first-order chi connectivity index (χ1) is 12.9. The van der Waals surface area contributed by atoms with Crippen molar-refractivity contribution in [1.29, 1.82) is 0 Å². The van der Waals surface area contributed by atoms with Crippen molar-refractivity contribution in [2.45, 2.75) is 45.5 Å². The zero-order valence-electron chi connectivity index (χ0n) is 15.1. The lowest BCUT2D eigenvalue weighted by Gasteiger charge is -2.29. The third-order valence-electron chi connectivity index (χ3n) is 4.94. The van der Waals surface area contributed by atoms with Crippen molar-refractivity contribution in [1.82, 2.24) is 19.9 Å². The summed E-state index contributed by atoms with van der Waals surface area (Å²) in [5.41, 5.74) is 1.65. The van der Waals surface area contributed by atoms with Gasteiger partial charge in [0.05, 0.1) is 17.0 Å². The van der Waals surface area contributed by atoms with Gasteiger partial charge in [-0.1, -0.05) is 0 Å². The molecule has 0 spiro atoms. The third kappa shape index (κ3) is 4.37. The Kier molecular flexibility index (Phi) is 4.75. The van der Waals surface area contributed by atoms with Crippen LogP contribution in [0.15, 0.2) is 18.3 Å². The quantitative estimate of drug-likeness (QED) is 0.797. The van der Waals surface area contributed by atoms with Crippen molar-refractivity contribution in [3.63, 3.8) is 0 Å². The Bertz CT molecular complexity index is 819. The van der Waals surface area contributed by atoms with Crippen molar-refractivity contribution in [2.24, 2.45) is 5.92 Å². The smallest absolute Gasteiger partial charge is 0.417 e. The summed E-state index contributed by atoms with van der Waals surface area (Å²) >= 11 is 0. The maximum absolute atomic E-state index is 12.6. The Morgan fingerprint density at radius 1 is 1.22 bits per heavy atom. The van der Waals surface area contributed by atoms with Crippen LogP contribution in [0, 0.1) is 12.8 Å². The number of fused-ring (bicyclic) bond motifs is 1. The summed E-state index contributed by atoms with van der Waals surface area (Å²) < 4.78 is 43.8. The van der Waals surface area contributed by atoms with Crippen molar-refractivity contribution >= 4 is 0 Å². The van der Waals surface area contributed by atoms with Gasteiger partial charge >= 0.3 is 6.18 Å². The molecule has 1 fully saturated rings. The number of rotatable bonds is 5. The van der Waals surface area contributed by atoms with E-state index in [1.165, 1.54) is 18.9 Å². The van der Waals surface area contributed by atoms with Gasteiger partial charge in [-0.15, -0.1) is 0 Å². The lowest BCUT2D eigenvalue weighted by Crippen LogP contribution is -2.33. The molecule has 0 bridgehead atoms. The zero-order valence-corrected chi connectivity index (χ0v) is 15.1. The van der Waals surface area contributed by atoms with E-state index in [1.807, 2.05) is 6.92 Å². The average molecular weight is 378 g/mol. The van der Waals surface area contributed by atoms with Crippen molar-refractivity contribution < 1.29 is 17.9 Å². The second-order valence-electron chi connectivity index (χ2n) is 7.25. The molecule has 2 aromatic rings. The second-order valence-corrected chi connectivity index (χ2v) is 7.25. The Morgan fingerprint density at radius 2 is 2.04 bits per heavy atom. The molecule has 1 aliphatic carbocycles. The van der Waals surface area contributed by atoms with E-state index >= 15 is 0 Å². The maximum atomic E-state index is 12.6. The number of aryl methyl sites for hydroxylation is 1. The maximum Gasteiger partial charge on any atom is 0.417 e. The van der Waals surface area contributed by atoms with Gasteiger partial charge in [0.25, 0.3) is 0 Å². The van der Waals surface area contributed by atoms with Crippen LogP contribution < -0.4 is 4.74 Å². The van der Waals surface area contributed by atoms with Crippen LogP contribution in [0.1, 0.15) is 41.2 Å². The number of hydrogen-bond acceptors (Lipinski definition) is 5. The highest BCUT2D eigenvalue weighted by Crippen LogP contribution is 2.33. The van der Waals surface area contributed by atoms with E-state index in [0.29, 0.717) is 17.4 Å². The van der Waals surface area contributed by atoms with Gasteiger partial charge in [0.1, 0.15) is 12.4 Å². The second kappa shape index (κ2) is 7.07.